The first-order chi connectivity index (χ1) is 11.7. The Balaban J connectivity index is 1.73. The van der Waals surface area contributed by atoms with E-state index in [1.54, 1.807) is 12.1 Å². The van der Waals surface area contributed by atoms with Crippen molar-refractivity contribution in [3.63, 3.8) is 0 Å². The van der Waals surface area contributed by atoms with Crippen molar-refractivity contribution in [2.45, 2.75) is 44.1 Å². The highest BCUT2D eigenvalue weighted by molar-refractivity contribution is 5.87. The van der Waals surface area contributed by atoms with Gasteiger partial charge in [-0.05, 0) is 54.0 Å². The molecule has 4 rings (SSSR count). The highest BCUT2D eigenvalue weighted by Gasteiger charge is 2.37. The second-order valence-electron chi connectivity index (χ2n) is 7.04. The average molecular weight is 321 g/mol. The molecule has 1 aliphatic carbocycles. The van der Waals surface area contributed by atoms with Crippen LogP contribution in [0, 0.1) is 5.92 Å². The van der Waals surface area contributed by atoms with E-state index in [0.717, 1.165) is 0 Å². The summed E-state index contributed by atoms with van der Waals surface area (Å²) in [6, 6.07) is 16.4. The molecule has 0 bridgehead atoms. The van der Waals surface area contributed by atoms with Crippen LogP contribution in [0.4, 0.5) is 5.69 Å². The molecule has 0 saturated heterocycles. The lowest BCUT2D eigenvalue weighted by Crippen LogP contribution is -2.31. The van der Waals surface area contributed by atoms with Gasteiger partial charge in [-0.15, -0.1) is 0 Å². The molecule has 0 radical (unpaired) electrons. The lowest BCUT2D eigenvalue weighted by Gasteiger charge is -2.40. The molecule has 124 valence electrons. The summed E-state index contributed by atoms with van der Waals surface area (Å²) in [5.41, 5.74) is 4.26. The van der Waals surface area contributed by atoms with Gasteiger partial charge >= 0.3 is 5.97 Å². The summed E-state index contributed by atoms with van der Waals surface area (Å²) in [6.45, 7) is 0. The van der Waals surface area contributed by atoms with Crippen LogP contribution in [-0.2, 0) is 0 Å². The van der Waals surface area contributed by atoms with Crippen LogP contribution >= 0.6 is 0 Å². The summed E-state index contributed by atoms with van der Waals surface area (Å²) in [7, 11) is 0. The molecule has 0 aromatic heterocycles. The molecule has 1 fully saturated rings. The maximum atomic E-state index is 11.1. The second kappa shape index (κ2) is 6.31. The average Bonchev–Trinajstić information content (AvgIpc) is 2.87. The Kier molecular flexibility index (Phi) is 4.01. The van der Waals surface area contributed by atoms with Crippen molar-refractivity contribution >= 4 is 11.7 Å². The topological polar surface area (TPSA) is 49.3 Å². The van der Waals surface area contributed by atoms with Crippen LogP contribution in [0.2, 0.25) is 0 Å². The molecule has 2 aromatic rings. The van der Waals surface area contributed by atoms with Crippen LogP contribution in [-0.4, -0.2) is 11.1 Å². The first-order valence-corrected chi connectivity index (χ1v) is 8.93. The molecule has 3 atom stereocenters. The van der Waals surface area contributed by atoms with Gasteiger partial charge in [0.15, 0.2) is 0 Å². The van der Waals surface area contributed by atoms with Gasteiger partial charge in [-0.1, -0.05) is 49.6 Å². The number of aromatic carboxylic acids is 1. The number of rotatable bonds is 2. The summed E-state index contributed by atoms with van der Waals surface area (Å²) >= 11 is 0. The van der Waals surface area contributed by atoms with Gasteiger partial charge in [-0.3, -0.25) is 0 Å². The molecule has 2 aromatic carbocycles. The zero-order valence-corrected chi connectivity index (χ0v) is 13.7. The Morgan fingerprint density at radius 3 is 2.50 bits per heavy atom. The molecule has 2 N–H and O–H groups in total. The van der Waals surface area contributed by atoms with Gasteiger partial charge in [0.05, 0.1) is 11.6 Å². The number of nitrogens with one attached hydrogen (secondary N) is 1. The van der Waals surface area contributed by atoms with Gasteiger partial charge in [0.25, 0.3) is 0 Å². The predicted octanol–water partition coefficient (Wildman–Crippen LogP) is 5.22. The zero-order chi connectivity index (χ0) is 16.5. The molecule has 1 aliphatic heterocycles. The number of carboxylic acid groups (broad SMARTS) is 1. The van der Waals surface area contributed by atoms with Crippen molar-refractivity contribution in [1.82, 2.24) is 0 Å². The highest BCUT2D eigenvalue weighted by atomic mass is 16.4. The Bertz CT molecular complexity index is 738. The van der Waals surface area contributed by atoms with E-state index in [4.69, 9.17) is 5.11 Å². The smallest absolute Gasteiger partial charge is 0.335 e. The molecule has 1 saturated carbocycles. The van der Waals surface area contributed by atoms with Gasteiger partial charge < -0.3 is 10.4 Å². The third-order valence-corrected chi connectivity index (χ3v) is 5.69. The van der Waals surface area contributed by atoms with E-state index in [1.165, 1.54) is 48.9 Å². The van der Waals surface area contributed by atoms with Gasteiger partial charge in [0.1, 0.15) is 0 Å². The van der Waals surface area contributed by atoms with E-state index in [1.807, 2.05) is 12.1 Å². The minimum Gasteiger partial charge on any atom is -0.478 e. The van der Waals surface area contributed by atoms with E-state index in [-0.39, 0.29) is 6.04 Å². The van der Waals surface area contributed by atoms with E-state index in [9.17, 15) is 4.79 Å². The number of hydrogen-bond acceptors (Lipinski definition) is 2. The lowest BCUT2D eigenvalue weighted by atomic mass is 9.73. The Morgan fingerprint density at radius 2 is 1.71 bits per heavy atom. The molecule has 2 aliphatic rings. The monoisotopic (exact) mass is 321 g/mol. The molecule has 0 amide bonds. The SMILES string of the molecule is O=C(O)c1ccc([C@@H]2Nc3ccccc3C3CCCCC[C@H]32)cc1. The van der Waals surface area contributed by atoms with Crippen LogP contribution < -0.4 is 5.32 Å². The third-order valence-electron chi connectivity index (χ3n) is 5.69. The molecule has 0 spiro atoms. The largest absolute Gasteiger partial charge is 0.478 e. The van der Waals surface area contributed by atoms with Crippen LogP contribution in [0.3, 0.4) is 0 Å². The fraction of sp³-hybridized carbons (Fsp3) is 0.381. The van der Waals surface area contributed by atoms with Gasteiger partial charge in [-0.2, -0.15) is 0 Å². The quantitative estimate of drug-likeness (QED) is 0.797. The molecular weight excluding hydrogens is 298 g/mol. The summed E-state index contributed by atoms with van der Waals surface area (Å²) in [4.78, 5) is 11.1. The molecule has 1 heterocycles. The maximum Gasteiger partial charge on any atom is 0.335 e. The van der Waals surface area contributed by atoms with Crippen molar-refractivity contribution in [3.8, 4) is 0 Å². The van der Waals surface area contributed by atoms with Crippen LogP contribution in [0.15, 0.2) is 48.5 Å². The molecule has 1 unspecified atom stereocenters. The molecule has 3 heteroatoms. The van der Waals surface area contributed by atoms with E-state index in [0.29, 0.717) is 17.4 Å². The lowest BCUT2D eigenvalue weighted by molar-refractivity contribution is 0.0697. The van der Waals surface area contributed by atoms with Crippen LogP contribution in [0.5, 0.6) is 0 Å². The van der Waals surface area contributed by atoms with Gasteiger partial charge in [0.2, 0.25) is 0 Å². The van der Waals surface area contributed by atoms with Crippen molar-refractivity contribution in [2.75, 3.05) is 5.32 Å². The first kappa shape index (κ1) is 15.3. The fourth-order valence-corrected chi connectivity index (χ4v) is 4.51. The maximum absolute atomic E-state index is 11.1. The molecule has 24 heavy (non-hydrogen) atoms. The number of anilines is 1. The zero-order valence-electron chi connectivity index (χ0n) is 13.7. The second-order valence-corrected chi connectivity index (χ2v) is 7.04. The minimum absolute atomic E-state index is 0.269. The number of hydrogen-bond donors (Lipinski definition) is 2. The third kappa shape index (κ3) is 2.68. The Hall–Kier alpha value is -2.29. The molecular formula is C21H23NO2. The van der Waals surface area contributed by atoms with Crippen molar-refractivity contribution in [1.29, 1.82) is 0 Å². The number of carboxylic acids is 1. The number of para-hydroxylation sites is 1. The van der Waals surface area contributed by atoms with Gasteiger partial charge in [-0.25, -0.2) is 4.79 Å². The Morgan fingerprint density at radius 1 is 0.958 bits per heavy atom. The highest BCUT2D eigenvalue weighted by Crippen LogP contribution is 2.50. The van der Waals surface area contributed by atoms with E-state index < -0.39 is 5.97 Å². The van der Waals surface area contributed by atoms with Crippen LogP contribution in [0.25, 0.3) is 0 Å². The summed E-state index contributed by atoms with van der Waals surface area (Å²) in [6.07, 6.45) is 6.40. The summed E-state index contributed by atoms with van der Waals surface area (Å²) in [5, 5.41) is 12.9. The van der Waals surface area contributed by atoms with Crippen molar-refractivity contribution in [3.05, 3.63) is 65.2 Å². The normalized spacial score (nSPS) is 25.8. The first-order valence-electron chi connectivity index (χ1n) is 8.93. The van der Waals surface area contributed by atoms with Gasteiger partial charge in [0, 0.05) is 5.69 Å². The predicted molar refractivity (Wildman–Crippen MR) is 95.5 cm³/mol. The summed E-state index contributed by atoms with van der Waals surface area (Å²) in [5.74, 6) is 0.322. The van der Waals surface area contributed by atoms with Crippen molar-refractivity contribution < 1.29 is 9.90 Å². The molecule has 3 nitrogen and oxygen atoms in total. The van der Waals surface area contributed by atoms with Crippen LogP contribution in [0.1, 0.15) is 65.5 Å². The number of fused-ring (bicyclic) bond motifs is 3. The van der Waals surface area contributed by atoms with E-state index in [2.05, 4.69) is 29.6 Å². The van der Waals surface area contributed by atoms with Crippen molar-refractivity contribution in [2.24, 2.45) is 5.92 Å². The fourth-order valence-electron chi connectivity index (χ4n) is 4.51. The minimum atomic E-state index is -0.865. The Labute approximate surface area is 142 Å². The standard InChI is InChI=1S/C21H23NO2/c23-21(24)15-12-10-14(11-13-15)20-18-8-3-1-2-6-16(18)17-7-4-5-9-19(17)22-20/h4-5,7,9-13,16,18,20,22H,1-3,6,8H2,(H,23,24)/t16?,18-,20+/m1/s1. The number of benzene rings is 2. The summed E-state index contributed by atoms with van der Waals surface area (Å²) < 4.78 is 0. The number of carbonyl (C=O) groups is 1. The van der Waals surface area contributed by atoms with E-state index >= 15 is 0 Å².